The Hall–Kier alpha value is -1.90. The van der Waals surface area contributed by atoms with Crippen molar-refractivity contribution in [3.8, 4) is 0 Å². The summed E-state index contributed by atoms with van der Waals surface area (Å²) in [5, 5.41) is 2.67. The van der Waals surface area contributed by atoms with Crippen molar-refractivity contribution in [2.75, 3.05) is 5.32 Å². The molecule has 0 unspecified atom stereocenters. The third kappa shape index (κ3) is 3.38. The highest BCUT2D eigenvalue weighted by atomic mass is 16.1. The van der Waals surface area contributed by atoms with E-state index < -0.39 is 0 Å². The summed E-state index contributed by atoms with van der Waals surface area (Å²) in [4.78, 5) is 22.1. The number of hydrogen-bond donors (Lipinski definition) is 1. The van der Waals surface area contributed by atoms with Gasteiger partial charge >= 0.3 is 0 Å². The first-order valence-electron chi connectivity index (χ1n) is 4.68. The lowest BCUT2D eigenvalue weighted by atomic mass is 10.1. The topological polar surface area (TPSA) is 46.2 Å². The molecule has 0 atom stereocenters. The molecular weight excluding hydrogens is 190 g/mol. The fourth-order valence-corrected chi connectivity index (χ4v) is 1.12. The summed E-state index contributed by atoms with van der Waals surface area (Å²) in [5.41, 5.74) is 1.32. The van der Waals surface area contributed by atoms with Gasteiger partial charge in [0.1, 0.15) is 0 Å². The number of carbonyl (C=O) groups excluding carboxylic acids is 2. The lowest BCUT2D eigenvalue weighted by Gasteiger charge is -2.02. The summed E-state index contributed by atoms with van der Waals surface area (Å²) in [5.74, 6) is -0.158. The van der Waals surface area contributed by atoms with Gasteiger partial charge in [0, 0.05) is 11.3 Å². The number of Topliss-reactive ketones (excluding diaryl/α,β-unsaturated/α-hetero) is 1. The van der Waals surface area contributed by atoms with Gasteiger partial charge in [-0.15, -0.1) is 0 Å². The van der Waals surface area contributed by atoms with Crippen molar-refractivity contribution in [3.63, 3.8) is 0 Å². The van der Waals surface area contributed by atoms with Crippen LogP contribution in [-0.4, -0.2) is 11.7 Å². The third-order valence-electron chi connectivity index (χ3n) is 1.88. The van der Waals surface area contributed by atoms with Crippen LogP contribution in [0.4, 0.5) is 5.69 Å². The molecule has 0 fully saturated rings. The van der Waals surface area contributed by atoms with Crippen LogP contribution in [0.15, 0.2) is 36.4 Å². The first-order chi connectivity index (χ1) is 7.13. The van der Waals surface area contributed by atoms with Crippen molar-refractivity contribution >= 4 is 17.4 Å². The fourth-order valence-electron chi connectivity index (χ4n) is 1.12. The van der Waals surface area contributed by atoms with E-state index in [0.29, 0.717) is 11.3 Å². The maximum Gasteiger partial charge on any atom is 0.248 e. The number of anilines is 1. The Morgan fingerprint density at radius 1 is 1.20 bits per heavy atom. The largest absolute Gasteiger partial charge is 0.323 e. The van der Waals surface area contributed by atoms with Gasteiger partial charge in [0.2, 0.25) is 5.91 Å². The Bertz CT molecular complexity index is 391. The molecule has 1 aromatic rings. The number of allylic oxidation sites excluding steroid dienone is 1. The average Bonchev–Trinajstić information content (AvgIpc) is 2.18. The Balaban J connectivity index is 2.72. The quantitative estimate of drug-likeness (QED) is 0.605. The van der Waals surface area contributed by atoms with E-state index in [0.717, 1.165) is 0 Å². The number of benzene rings is 1. The molecule has 0 aliphatic carbocycles. The average molecular weight is 203 g/mol. The monoisotopic (exact) mass is 203 g/mol. The van der Waals surface area contributed by atoms with E-state index in [1.54, 1.807) is 37.3 Å². The minimum Gasteiger partial charge on any atom is -0.323 e. The molecule has 0 heterocycles. The van der Waals surface area contributed by atoms with Gasteiger partial charge in [0.15, 0.2) is 5.78 Å². The van der Waals surface area contributed by atoms with Crippen molar-refractivity contribution in [2.45, 2.75) is 13.8 Å². The van der Waals surface area contributed by atoms with Crippen LogP contribution in [0, 0.1) is 0 Å². The molecule has 0 spiro atoms. The molecule has 0 aliphatic heterocycles. The highest BCUT2D eigenvalue weighted by molar-refractivity contribution is 6.00. The van der Waals surface area contributed by atoms with Gasteiger partial charge in [-0.25, -0.2) is 0 Å². The lowest BCUT2D eigenvalue weighted by Crippen LogP contribution is -2.07. The Kier molecular flexibility index (Phi) is 3.80. The predicted octanol–water partition coefficient (Wildman–Crippen LogP) is 2.40. The molecule has 0 aliphatic rings. The summed E-state index contributed by atoms with van der Waals surface area (Å²) in [6, 6.07) is 6.79. The summed E-state index contributed by atoms with van der Waals surface area (Å²) in [6.45, 7) is 3.28. The van der Waals surface area contributed by atoms with E-state index in [1.165, 1.54) is 13.0 Å². The molecule has 3 heteroatoms. The van der Waals surface area contributed by atoms with E-state index in [2.05, 4.69) is 5.32 Å². The number of amides is 1. The molecule has 1 N–H and O–H groups in total. The summed E-state index contributed by atoms with van der Waals surface area (Å²) in [6.07, 6.45) is 3.11. The van der Waals surface area contributed by atoms with Crippen molar-refractivity contribution in [3.05, 3.63) is 42.0 Å². The van der Waals surface area contributed by atoms with Crippen LogP contribution in [0.2, 0.25) is 0 Å². The molecule has 0 saturated heterocycles. The molecule has 0 aromatic heterocycles. The van der Waals surface area contributed by atoms with E-state index in [4.69, 9.17) is 0 Å². The second-order valence-corrected chi connectivity index (χ2v) is 3.12. The number of nitrogens with one attached hydrogen (secondary N) is 1. The number of rotatable bonds is 3. The first kappa shape index (κ1) is 11.2. The smallest absolute Gasteiger partial charge is 0.248 e. The molecule has 3 nitrogen and oxygen atoms in total. The van der Waals surface area contributed by atoms with Crippen molar-refractivity contribution in [2.24, 2.45) is 0 Å². The second-order valence-electron chi connectivity index (χ2n) is 3.12. The lowest BCUT2D eigenvalue weighted by molar-refractivity contribution is -0.111. The zero-order valence-electron chi connectivity index (χ0n) is 8.78. The van der Waals surface area contributed by atoms with E-state index in [-0.39, 0.29) is 11.7 Å². The summed E-state index contributed by atoms with van der Waals surface area (Å²) < 4.78 is 0. The molecule has 1 amide bonds. The molecule has 78 valence electrons. The highest BCUT2D eigenvalue weighted by Gasteiger charge is 2.00. The fraction of sp³-hybridized carbons (Fsp3) is 0.167. The van der Waals surface area contributed by atoms with Crippen LogP contribution in [0.1, 0.15) is 24.2 Å². The standard InChI is InChI=1S/C12H13NO2/c1-3-4-12(15)13-11-7-5-10(6-8-11)9(2)14/h3-8H,1-2H3,(H,13,15). The van der Waals surface area contributed by atoms with Gasteiger partial charge in [-0.1, -0.05) is 6.08 Å². The molecule has 0 bridgehead atoms. The predicted molar refractivity (Wildman–Crippen MR) is 59.9 cm³/mol. The van der Waals surface area contributed by atoms with Crippen molar-refractivity contribution < 1.29 is 9.59 Å². The Morgan fingerprint density at radius 2 is 1.80 bits per heavy atom. The molecule has 1 aromatic carbocycles. The number of carbonyl (C=O) groups is 2. The van der Waals surface area contributed by atoms with Gasteiger partial charge in [0.05, 0.1) is 0 Å². The minimum atomic E-state index is -0.173. The first-order valence-corrected chi connectivity index (χ1v) is 4.68. The SMILES string of the molecule is CC=CC(=O)Nc1ccc(C(C)=O)cc1. The van der Waals surface area contributed by atoms with E-state index in [1.807, 2.05) is 0 Å². The third-order valence-corrected chi connectivity index (χ3v) is 1.88. The van der Waals surface area contributed by atoms with Crippen molar-refractivity contribution in [1.29, 1.82) is 0 Å². The Morgan fingerprint density at radius 3 is 2.27 bits per heavy atom. The highest BCUT2D eigenvalue weighted by Crippen LogP contribution is 2.09. The van der Waals surface area contributed by atoms with Crippen LogP contribution in [0.3, 0.4) is 0 Å². The normalized spacial score (nSPS) is 10.3. The zero-order chi connectivity index (χ0) is 11.3. The number of ketones is 1. The molecule has 0 saturated carbocycles. The Labute approximate surface area is 88.8 Å². The van der Waals surface area contributed by atoms with E-state index in [9.17, 15) is 9.59 Å². The maximum absolute atomic E-state index is 11.2. The van der Waals surface area contributed by atoms with Gasteiger partial charge in [0.25, 0.3) is 0 Å². The molecule has 15 heavy (non-hydrogen) atoms. The van der Waals surface area contributed by atoms with Crippen LogP contribution in [0.5, 0.6) is 0 Å². The van der Waals surface area contributed by atoms with E-state index >= 15 is 0 Å². The van der Waals surface area contributed by atoms with Crippen LogP contribution < -0.4 is 5.32 Å². The van der Waals surface area contributed by atoms with Gasteiger partial charge in [-0.05, 0) is 44.2 Å². The van der Waals surface area contributed by atoms with Crippen LogP contribution >= 0.6 is 0 Å². The van der Waals surface area contributed by atoms with Gasteiger partial charge in [-0.3, -0.25) is 9.59 Å². The summed E-state index contributed by atoms with van der Waals surface area (Å²) >= 11 is 0. The summed E-state index contributed by atoms with van der Waals surface area (Å²) in [7, 11) is 0. The zero-order valence-corrected chi connectivity index (χ0v) is 8.78. The number of hydrogen-bond acceptors (Lipinski definition) is 2. The molecule has 0 radical (unpaired) electrons. The second kappa shape index (κ2) is 5.10. The van der Waals surface area contributed by atoms with Gasteiger partial charge < -0.3 is 5.32 Å². The maximum atomic E-state index is 11.2. The van der Waals surface area contributed by atoms with Crippen LogP contribution in [-0.2, 0) is 4.79 Å². The van der Waals surface area contributed by atoms with Crippen LogP contribution in [0.25, 0.3) is 0 Å². The molecule has 1 rings (SSSR count). The molecular formula is C12H13NO2. The van der Waals surface area contributed by atoms with Gasteiger partial charge in [-0.2, -0.15) is 0 Å². The van der Waals surface area contributed by atoms with Crippen molar-refractivity contribution in [1.82, 2.24) is 0 Å². The minimum absolute atomic E-state index is 0.0151.